The minimum atomic E-state index is -5.04. The summed E-state index contributed by atoms with van der Waals surface area (Å²) in [6, 6.07) is 5.48. The number of carbonyl (C=O) groups excluding carboxylic acids is 1. The Bertz CT molecular complexity index is 792. The molecule has 1 aromatic carbocycles. The van der Waals surface area contributed by atoms with Gasteiger partial charge in [-0.15, -0.1) is 0 Å². The average Bonchev–Trinajstić information content (AvgIpc) is 2.95. The molecule has 3 rings (SSSR count). The molecule has 2 aliphatic rings. The fourth-order valence-corrected chi connectivity index (χ4v) is 4.26. The van der Waals surface area contributed by atoms with E-state index in [4.69, 9.17) is 11.6 Å². The molecule has 1 aliphatic carbocycles. The Morgan fingerprint density at radius 3 is 2.46 bits per heavy atom. The zero-order valence-electron chi connectivity index (χ0n) is 16.1. The highest BCUT2D eigenvalue weighted by Crippen LogP contribution is 2.52. The molecule has 1 aromatic rings. The van der Waals surface area contributed by atoms with E-state index in [9.17, 15) is 23.1 Å². The van der Waals surface area contributed by atoms with Crippen LogP contribution < -0.4 is 0 Å². The summed E-state index contributed by atoms with van der Waals surface area (Å²) in [7, 11) is 0. The molecular weight excluding hydrogens is 393 g/mol. The van der Waals surface area contributed by atoms with Crippen molar-refractivity contribution in [2.75, 3.05) is 0 Å². The molecule has 0 radical (unpaired) electrons. The molecule has 0 bridgehead atoms. The van der Waals surface area contributed by atoms with Gasteiger partial charge in [-0.3, -0.25) is 4.79 Å². The zero-order chi connectivity index (χ0) is 20.9. The van der Waals surface area contributed by atoms with Gasteiger partial charge in [-0.2, -0.15) is 23.3 Å². The van der Waals surface area contributed by atoms with Crippen LogP contribution in [0.1, 0.15) is 56.8 Å². The molecule has 0 saturated heterocycles. The second-order valence-corrected chi connectivity index (χ2v) is 8.74. The molecule has 0 unspecified atom stereocenters. The van der Waals surface area contributed by atoms with Crippen molar-refractivity contribution in [2.45, 2.75) is 58.4 Å². The maximum atomic E-state index is 14.1. The van der Waals surface area contributed by atoms with Gasteiger partial charge in [-0.25, -0.2) is 0 Å². The maximum absolute atomic E-state index is 14.1. The van der Waals surface area contributed by atoms with Crippen LogP contribution >= 0.6 is 11.6 Å². The van der Waals surface area contributed by atoms with Gasteiger partial charge >= 0.3 is 6.18 Å². The standard InChI is InChI=1S/C20H24ClF3N2O2/c1-4-18(2,3)13-7-10-16-15(11-13)19(28,20(22,23)24)26(25-16)17(27)12-5-8-14(21)9-6-12/h5-6,8-9,13,15,28H,4,7,10-11H2,1-3H3/t13-,15+,19+/m1/s1. The third-order valence-corrected chi connectivity index (χ3v) is 6.68. The summed E-state index contributed by atoms with van der Waals surface area (Å²) < 4.78 is 42.2. The predicted molar refractivity (Wildman–Crippen MR) is 101 cm³/mol. The summed E-state index contributed by atoms with van der Waals surface area (Å²) in [5, 5.41) is 15.4. The second-order valence-electron chi connectivity index (χ2n) is 8.31. The number of nitrogens with zero attached hydrogens (tertiary/aromatic N) is 2. The third-order valence-electron chi connectivity index (χ3n) is 6.43. The lowest BCUT2D eigenvalue weighted by molar-refractivity contribution is -0.314. The topological polar surface area (TPSA) is 52.9 Å². The first-order valence-corrected chi connectivity index (χ1v) is 9.76. The number of hydrogen-bond donors (Lipinski definition) is 1. The minimum absolute atomic E-state index is 0.000842. The van der Waals surface area contributed by atoms with Crippen molar-refractivity contribution in [3.8, 4) is 0 Å². The SMILES string of the molecule is CCC(C)(C)[C@@H]1CCC2=NN(C(=O)c3ccc(Cl)cc3)[C@@](O)(C(F)(F)F)[C@H]2C1. The van der Waals surface area contributed by atoms with Gasteiger partial charge in [0, 0.05) is 16.3 Å². The third kappa shape index (κ3) is 3.32. The van der Waals surface area contributed by atoms with E-state index in [0.717, 1.165) is 6.42 Å². The van der Waals surface area contributed by atoms with Gasteiger partial charge in [0.15, 0.2) is 0 Å². The van der Waals surface area contributed by atoms with Crippen LogP contribution in [-0.4, -0.2) is 33.6 Å². The number of halogens is 4. The summed E-state index contributed by atoms with van der Waals surface area (Å²) in [6.45, 7) is 6.06. The van der Waals surface area contributed by atoms with Crippen molar-refractivity contribution in [3.63, 3.8) is 0 Å². The number of rotatable bonds is 3. The lowest BCUT2D eigenvalue weighted by atomic mass is 9.64. The van der Waals surface area contributed by atoms with Crippen LogP contribution in [0.3, 0.4) is 0 Å². The largest absolute Gasteiger partial charge is 0.439 e. The maximum Gasteiger partial charge on any atom is 0.439 e. The molecule has 0 spiro atoms. The lowest BCUT2D eigenvalue weighted by Crippen LogP contribution is -2.62. The molecule has 28 heavy (non-hydrogen) atoms. The second kappa shape index (κ2) is 7.02. The highest BCUT2D eigenvalue weighted by Gasteiger charge is 2.69. The molecule has 1 aliphatic heterocycles. The Balaban J connectivity index is 2.00. The number of benzene rings is 1. The van der Waals surface area contributed by atoms with E-state index in [1.54, 1.807) is 0 Å². The van der Waals surface area contributed by atoms with E-state index >= 15 is 0 Å². The van der Waals surface area contributed by atoms with Gasteiger partial charge in [0.25, 0.3) is 11.6 Å². The van der Waals surface area contributed by atoms with E-state index in [2.05, 4.69) is 5.10 Å². The molecule has 8 heteroatoms. The van der Waals surface area contributed by atoms with Crippen LogP contribution in [0.5, 0.6) is 0 Å². The first-order valence-electron chi connectivity index (χ1n) is 9.38. The van der Waals surface area contributed by atoms with Gasteiger partial charge in [0.05, 0.1) is 5.92 Å². The van der Waals surface area contributed by atoms with Crippen LogP contribution in [0.15, 0.2) is 29.4 Å². The number of hydrogen-bond acceptors (Lipinski definition) is 3. The van der Waals surface area contributed by atoms with Crippen molar-refractivity contribution >= 4 is 23.2 Å². The average molecular weight is 417 g/mol. The number of aliphatic hydroxyl groups is 1. The van der Waals surface area contributed by atoms with Crippen molar-refractivity contribution in [1.82, 2.24) is 5.01 Å². The van der Waals surface area contributed by atoms with Crippen molar-refractivity contribution in [1.29, 1.82) is 0 Å². The van der Waals surface area contributed by atoms with Crippen LogP contribution in [0.25, 0.3) is 0 Å². The summed E-state index contributed by atoms with van der Waals surface area (Å²) >= 11 is 5.79. The highest BCUT2D eigenvalue weighted by atomic mass is 35.5. The van der Waals surface area contributed by atoms with Crippen LogP contribution in [0, 0.1) is 17.3 Å². The fraction of sp³-hybridized carbons (Fsp3) is 0.600. The monoisotopic (exact) mass is 416 g/mol. The van der Waals surface area contributed by atoms with Gasteiger partial charge in [0.1, 0.15) is 0 Å². The molecule has 1 amide bonds. The van der Waals surface area contributed by atoms with Gasteiger partial charge in [0.2, 0.25) is 0 Å². The molecule has 1 N–H and O–H groups in total. The predicted octanol–water partition coefficient (Wildman–Crippen LogP) is 5.26. The Labute approximate surface area is 167 Å². The van der Waals surface area contributed by atoms with E-state index in [1.807, 2.05) is 20.8 Å². The van der Waals surface area contributed by atoms with Gasteiger partial charge in [-0.1, -0.05) is 38.8 Å². The van der Waals surface area contributed by atoms with Crippen LogP contribution in [0.2, 0.25) is 5.02 Å². The number of alkyl halides is 3. The number of fused-ring (bicyclic) bond motifs is 1. The Kier molecular flexibility index (Phi) is 5.30. The molecule has 0 aromatic heterocycles. The Morgan fingerprint density at radius 2 is 1.93 bits per heavy atom. The zero-order valence-corrected chi connectivity index (χ0v) is 16.8. The molecule has 3 atom stereocenters. The van der Waals surface area contributed by atoms with Crippen molar-refractivity contribution < 1.29 is 23.1 Å². The minimum Gasteiger partial charge on any atom is -0.362 e. The van der Waals surface area contributed by atoms with E-state index in [-0.39, 0.29) is 34.0 Å². The molecule has 4 nitrogen and oxygen atoms in total. The summed E-state index contributed by atoms with van der Waals surface area (Å²) in [4.78, 5) is 12.8. The number of carbonyl (C=O) groups is 1. The Hall–Kier alpha value is -1.60. The quantitative estimate of drug-likeness (QED) is 0.731. The smallest absolute Gasteiger partial charge is 0.362 e. The van der Waals surface area contributed by atoms with E-state index < -0.39 is 23.7 Å². The summed E-state index contributed by atoms with van der Waals surface area (Å²) in [5.74, 6) is -2.25. The van der Waals surface area contributed by atoms with Gasteiger partial charge in [-0.05, 0) is 54.9 Å². The summed E-state index contributed by atoms with van der Waals surface area (Å²) in [6.07, 6.45) is -3.06. The van der Waals surface area contributed by atoms with Gasteiger partial charge < -0.3 is 5.11 Å². The molecule has 154 valence electrons. The van der Waals surface area contributed by atoms with Crippen molar-refractivity contribution in [3.05, 3.63) is 34.9 Å². The van der Waals surface area contributed by atoms with Crippen LogP contribution in [0.4, 0.5) is 13.2 Å². The molecule has 1 fully saturated rings. The molecule has 1 heterocycles. The first-order chi connectivity index (χ1) is 12.9. The Morgan fingerprint density at radius 1 is 1.32 bits per heavy atom. The van der Waals surface area contributed by atoms with Crippen molar-refractivity contribution in [2.24, 2.45) is 22.4 Å². The molecule has 1 saturated carbocycles. The molecular formula is C20H24ClF3N2O2. The highest BCUT2D eigenvalue weighted by molar-refractivity contribution is 6.30. The number of amides is 1. The number of hydrazone groups is 1. The van der Waals surface area contributed by atoms with E-state index in [0.29, 0.717) is 17.9 Å². The normalized spacial score (nSPS) is 28.1. The lowest BCUT2D eigenvalue weighted by Gasteiger charge is -2.43. The van der Waals surface area contributed by atoms with E-state index in [1.165, 1.54) is 24.3 Å². The first kappa shape index (κ1) is 21.1. The summed E-state index contributed by atoms with van der Waals surface area (Å²) in [5.41, 5.74) is -3.28. The van der Waals surface area contributed by atoms with Crippen LogP contribution in [-0.2, 0) is 0 Å². The fourth-order valence-electron chi connectivity index (χ4n) is 4.13.